The second-order valence-corrected chi connectivity index (χ2v) is 11.5. The van der Waals surface area contributed by atoms with Gasteiger partial charge in [-0.25, -0.2) is 9.97 Å². The molecule has 10 heteroatoms. The standard InChI is InChI=1S/C32H35N5O5/c1-18-34-24-12-9-19(15-27(24)41-18)22-11-14-25-28(22)30(42-21-7-5-6-8-21)37-31(36-25)35-23-13-10-20(16-26(23)40-4)29(38)33-17-32(2,3)39/h9-13,15-16,21,39H,5-8,14,17H2,1-4H3,(H,33,38)(H,35,36,37). The van der Waals surface area contributed by atoms with Crippen LogP contribution in [0.15, 0.2) is 46.9 Å². The fraction of sp³-hybridized carbons (Fsp3) is 0.375. The van der Waals surface area contributed by atoms with Crippen LogP contribution in [-0.2, 0) is 6.42 Å². The number of nitrogens with zero attached hydrogens (tertiary/aromatic N) is 3. The number of allylic oxidation sites excluding steroid dienone is 1. The monoisotopic (exact) mass is 569 g/mol. The van der Waals surface area contributed by atoms with E-state index in [-0.39, 0.29) is 18.6 Å². The highest BCUT2D eigenvalue weighted by atomic mass is 16.5. The Kier molecular flexibility index (Phi) is 7.32. The summed E-state index contributed by atoms with van der Waals surface area (Å²) in [4.78, 5) is 26.8. The zero-order valence-electron chi connectivity index (χ0n) is 24.3. The lowest BCUT2D eigenvalue weighted by Crippen LogP contribution is -2.38. The quantitative estimate of drug-likeness (QED) is 0.239. The minimum atomic E-state index is -1.01. The first-order valence-corrected chi connectivity index (χ1v) is 14.3. The van der Waals surface area contributed by atoms with Crippen molar-refractivity contribution >= 4 is 34.2 Å². The molecule has 0 aliphatic heterocycles. The van der Waals surface area contributed by atoms with Gasteiger partial charge in [0.2, 0.25) is 11.8 Å². The number of hydrogen-bond donors (Lipinski definition) is 3. The van der Waals surface area contributed by atoms with Gasteiger partial charge >= 0.3 is 0 Å². The molecule has 2 aromatic carbocycles. The van der Waals surface area contributed by atoms with Crippen molar-refractivity contribution in [3.05, 3.63) is 70.7 Å². The Labute approximate surface area is 244 Å². The van der Waals surface area contributed by atoms with E-state index in [1.165, 1.54) is 0 Å². The van der Waals surface area contributed by atoms with Crippen LogP contribution in [0, 0.1) is 6.92 Å². The van der Waals surface area contributed by atoms with Crippen LogP contribution in [0.25, 0.3) is 16.7 Å². The normalized spacial score (nSPS) is 15.0. The minimum Gasteiger partial charge on any atom is -0.495 e. The first-order valence-electron chi connectivity index (χ1n) is 14.3. The molecule has 6 rings (SSSR count). The summed E-state index contributed by atoms with van der Waals surface area (Å²) >= 11 is 0. The third kappa shape index (κ3) is 5.80. The number of aromatic nitrogens is 3. The first-order chi connectivity index (χ1) is 20.2. The third-order valence-electron chi connectivity index (χ3n) is 7.50. The van der Waals surface area contributed by atoms with Crippen LogP contribution < -0.4 is 20.1 Å². The topological polar surface area (TPSA) is 132 Å². The number of fused-ring (bicyclic) bond motifs is 2. The van der Waals surface area contributed by atoms with Crippen LogP contribution in [0.5, 0.6) is 11.6 Å². The van der Waals surface area contributed by atoms with E-state index in [4.69, 9.17) is 23.9 Å². The Balaban J connectivity index is 1.31. The predicted octanol–water partition coefficient (Wildman–Crippen LogP) is 5.49. The summed E-state index contributed by atoms with van der Waals surface area (Å²) < 4.78 is 17.9. The van der Waals surface area contributed by atoms with Crippen molar-refractivity contribution in [2.24, 2.45) is 0 Å². The fourth-order valence-corrected chi connectivity index (χ4v) is 5.43. The molecule has 218 valence electrons. The van der Waals surface area contributed by atoms with Gasteiger partial charge in [-0.15, -0.1) is 0 Å². The van der Waals surface area contributed by atoms with Gasteiger partial charge < -0.3 is 29.6 Å². The number of anilines is 2. The number of amides is 1. The van der Waals surface area contributed by atoms with E-state index >= 15 is 0 Å². The van der Waals surface area contributed by atoms with Crippen molar-refractivity contribution in [3.8, 4) is 11.6 Å². The summed E-state index contributed by atoms with van der Waals surface area (Å²) in [5.74, 6) is 1.72. The second-order valence-electron chi connectivity index (χ2n) is 11.5. The Bertz CT molecular complexity index is 1680. The summed E-state index contributed by atoms with van der Waals surface area (Å²) in [6.07, 6.45) is 7.16. The zero-order chi connectivity index (χ0) is 29.4. The number of carbonyl (C=O) groups is 1. The first kappa shape index (κ1) is 27.7. The van der Waals surface area contributed by atoms with Crippen molar-refractivity contribution in [1.29, 1.82) is 0 Å². The number of nitrogens with one attached hydrogen (secondary N) is 2. The van der Waals surface area contributed by atoms with Crippen LogP contribution in [0.2, 0.25) is 0 Å². The molecular weight excluding hydrogens is 534 g/mol. The van der Waals surface area contributed by atoms with Crippen molar-refractivity contribution in [2.75, 3.05) is 19.0 Å². The summed E-state index contributed by atoms with van der Waals surface area (Å²) in [6.45, 7) is 5.24. The van der Waals surface area contributed by atoms with Gasteiger partial charge in [0.1, 0.15) is 17.4 Å². The lowest BCUT2D eigenvalue weighted by Gasteiger charge is -2.19. The zero-order valence-corrected chi connectivity index (χ0v) is 24.3. The molecule has 0 saturated heterocycles. The molecule has 1 amide bonds. The van der Waals surface area contributed by atoms with E-state index in [0.717, 1.165) is 59.2 Å². The van der Waals surface area contributed by atoms with Crippen LogP contribution >= 0.6 is 0 Å². The Morgan fingerprint density at radius 1 is 1.12 bits per heavy atom. The fourth-order valence-electron chi connectivity index (χ4n) is 5.43. The number of carbonyl (C=O) groups excluding carboxylic acids is 1. The second kappa shape index (κ2) is 11.1. The largest absolute Gasteiger partial charge is 0.495 e. The SMILES string of the molecule is COc1cc(C(=O)NCC(C)(C)O)ccc1Nc1nc2c(c(OC3CCCC3)n1)C(c1ccc3nc(C)oc3c1)=CC2. The van der Waals surface area contributed by atoms with Gasteiger partial charge in [-0.2, -0.15) is 4.98 Å². The van der Waals surface area contributed by atoms with E-state index in [9.17, 15) is 9.90 Å². The minimum absolute atomic E-state index is 0.106. The number of benzene rings is 2. The Morgan fingerprint density at radius 3 is 2.69 bits per heavy atom. The predicted molar refractivity (Wildman–Crippen MR) is 159 cm³/mol. The molecule has 42 heavy (non-hydrogen) atoms. The molecule has 3 N–H and O–H groups in total. The molecule has 2 aliphatic carbocycles. The van der Waals surface area contributed by atoms with E-state index in [2.05, 4.69) is 21.7 Å². The number of rotatable bonds is 9. The molecule has 0 unspecified atom stereocenters. The van der Waals surface area contributed by atoms with Gasteiger partial charge in [-0.05, 0) is 81.0 Å². The van der Waals surface area contributed by atoms with Crippen LogP contribution in [0.3, 0.4) is 0 Å². The molecular formula is C32H35N5O5. The van der Waals surface area contributed by atoms with Gasteiger partial charge in [0.15, 0.2) is 11.5 Å². The summed E-state index contributed by atoms with van der Waals surface area (Å²) in [7, 11) is 1.54. The number of aryl methyl sites for hydroxylation is 1. The van der Waals surface area contributed by atoms with E-state index < -0.39 is 5.60 Å². The lowest BCUT2D eigenvalue weighted by atomic mass is 10.0. The highest BCUT2D eigenvalue weighted by Gasteiger charge is 2.28. The van der Waals surface area contributed by atoms with Crippen LogP contribution in [-0.4, -0.2) is 51.3 Å². The highest BCUT2D eigenvalue weighted by molar-refractivity contribution is 5.95. The average molecular weight is 570 g/mol. The van der Waals surface area contributed by atoms with E-state index in [1.54, 1.807) is 39.2 Å². The van der Waals surface area contributed by atoms with E-state index in [0.29, 0.717) is 41.1 Å². The van der Waals surface area contributed by atoms with Gasteiger partial charge in [0, 0.05) is 25.5 Å². The molecule has 1 saturated carbocycles. The number of ether oxygens (including phenoxy) is 2. The molecule has 10 nitrogen and oxygen atoms in total. The van der Waals surface area contributed by atoms with Crippen LogP contribution in [0.4, 0.5) is 11.6 Å². The Morgan fingerprint density at radius 2 is 1.93 bits per heavy atom. The van der Waals surface area contributed by atoms with Crippen molar-refractivity contribution in [2.45, 2.75) is 64.6 Å². The summed E-state index contributed by atoms with van der Waals surface area (Å²) in [5.41, 5.74) is 5.35. The molecule has 0 radical (unpaired) electrons. The van der Waals surface area contributed by atoms with Gasteiger partial charge in [0.25, 0.3) is 5.91 Å². The van der Waals surface area contributed by atoms with Crippen molar-refractivity contribution < 1.29 is 23.8 Å². The van der Waals surface area contributed by atoms with Gasteiger partial charge in [0.05, 0.1) is 29.7 Å². The number of hydrogen-bond acceptors (Lipinski definition) is 9. The molecule has 0 spiro atoms. The molecule has 2 aromatic heterocycles. The van der Waals surface area contributed by atoms with Crippen molar-refractivity contribution in [1.82, 2.24) is 20.3 Å². The Hall–Kier alpha value is -4.44. The molecule has 2 heterocycles. The number of aliphatic hydroxyl groups is 1. The maximum atomic E-state index is 12.6. The number of oxazole rings is 1. The maximum Gasteiger partial charge on any atom is 0.251 e. The third-order valence-corrected chi connectivity index (χ3v) is 7.50. The summed E-state index contributed by atoms with van der Waals surface area (Å²) in [6, 6.07) is 11.1. The molecule has 0 bridgehead atoms. The average Bonchev–Trinajstić information content (AvgIpc) is 3.70. The van der Waals surface area contributed by atoms with Crippen molar-refractivity contribution in [3.63, 3.8) is 0 Å². The maximum absolute atomic E-state index is 12.6. The van der Waals surface area contributed by atoms with Crippen LogP contribution in [0.1, 0.15) is 72.6 Å². The van der Waals surface area contributed by atoms with Gasteiger partial charge in [-0.1, -0.05) is 12.1 Å². The molecule has 2 aliphatic rings. The number of methoxy groups -OCH3 is 1. The van der Waals surface area contributed by atoms with E-state index in [1.807, 2.05) is 25.1 Å². The highest BCUT2D eigenvalue weighted by Crippen LogP contribution is 2.41. The smallest absolute Gasteiger partial charge is 0.251 e. The summed E-state index contributed by atoms with van der Waals surface area (Å²) in [5, 5.41) is 16.0. The lowest BCUT2D eigenvalue weighted by molar-refractivity contribution is 0.0694. The molecule has 4 aromatic rings. The molecule has 1 fully saturated rings. The van der Waals surface area contributed by atoms with Gasteiger partial charge in [-0.3, -0.25) is 4.79 Å². The molecule has 0 atom stereocenters.